The highest BCUT2D eigenvalue weighted by Gasteiger charge is 2.17. The van der Waals surface area contributed by atoms with Crippen molar-refractivity contribution in [2.75, 3.05) is 0 Å². The molecule has 0 amide bonds. The zero-order valence-corrected chi connectivity index (χ0v) is 13.1. The molecular weight excluding hydrogens is 338 g/mol. The molecule has 1 atom stereocenters. The van der Waals surface area contributed by atoms with Crippen molar-refractivity contribution in [1.82, 2.24) is 0 Å². The van der Waals surface area contributed by atoms with E-state index < -0.39 is 11.0 Å². The van der Waals surface area contributed by atoms with Crippen LogP contribution in [-0.2, 0) is 0 Å². The van der Waals surface area contributed by atoms with Crippen LogP contribution in [0.5, 0.6) is 11.5 Å². The van der Waals surface area contributed by atoms with E-state index in [1.165, 1.54) is 6.07 Å². The number of nitrogens with zero attached hydrogens (tertiary/aromatic N) is 1. The summed E-state index contributed by atoms with van der Waals surface area (Å²) >= 11 is 3.34. The fourth-order valence-electron chi connectivity index (χ4n) is 1.97. The summed E-state index contributed by atoms with van der Waals surface area (Å²) in [6.45, 7) is 3.27. The van der Waals surface area contributed by atoms with Gasteiger partial charge in [0.25, 0.3) is 5.69 Å². The van der Waals surface area contributed by atoms with Gasteiger partial charge in [0.05, 0.1) is 16.6 Å². The molecule has 0 aliphatic carbocycles. The monoisotopic (exact) mass is 351 g/mol. The summed E-state index contributed by atoms with van der Waals surface area (Å²) in [5.74, 6) is 0.866. The Balaban J connectivity index is 2.44. The second-order valence-corrected chi connectivity index (χ2v) is 5.53. The molecule has 2 aromatic rings. The first-order valence-electron chi connectivity index (χ1n) is 6.29. The SMILES string of the molecule is Cc1c(Oc2ccc(Br)cc2C(C)O)cccc1[N+](=O)[O-]. The predicted molar refractivity (Wildman–Crippen MR) is 82.7 cm³/mol. The zero-order valence-electron chi connectivity index (χ0n) is 11.5. The van der Waals surface area contributed by atoms with E-state index in [0.29, 0.717) is 22.6 Å². The second kappa shape index (κ2) is 6.24. The van der Waals surface area contributed by atoms with Crippen molar-refractivity contribution < 1.29 is 14.8 Å². The van der Waals surface area contributed by atoms with E-state index >= 15 is 0 Å². The lowest BCUT2D eigenvalue weighted by molar-refractivity contribution is -0.385. The third-order valence-electron chi connectivity index (χ3n) is 3.09. The maximum Gasteiger partial charge on any atom is 0.276 e. The molecule has 21 heavy (non-hydrogen) atoms. The maximum absolute atomic E-state index is 11.0. The number of benzene rings is 2. The first kappa shape index (κ1) is 15.5. The average molecular weight is 352 g/mol. The van der Waals surface area contributed by atoms with E-state index in [9.17, 15) is 15.2 Å². The molecule has 0 bridgehead atoms. The Morgan fingerprint density at radius 2 is 2.00 bits per heavy atom. The van der Waals surface area contributed by atoms with Gasteiger partial charge in [-0.1, -0.05) is 22.0 Å². The normalized spacial score (nSPS) is 12.0. The van der Waals surface area contributed by atoms with Gasteiger partial charge in [-0.25, -0.2) is 0 Å². The van der Waals surface area contributed by atoms with Gasteiger partial charge in [0.1, 0.15) is 11.5 Å². The number of nitro benzene ring substituents is 1. The van der Waals surface area contributed by atoms with Gasteiger partial charge in [-0.15, -0.1) is 0 Å². The number of hydrogen-bond donors (Lipinski definition) is 1. The quantitative estimate of drug-likeness (QED) is 0.649. The minimum atomic E-state index is -0.712. The Morgan fingerprint density at radius 1 is 1.29 bits per heavy atom. The molecule has 0 aliphatic heterocycles. The summed E-state index contributed by atoms with van der Waals surface area (Å²) in [6, 6.07) is 9.92. The molecule has 0 spiro atoms. The van der Waals surface area contributed by atoms with Gasteiger partial charge in [0, 0.05) is 16.1 Å². The van der Waals surface area contributed by atoms with Crippen LogP contribution in [0.4, 0.5) is 5.69 Å². The van der Waals surface area contributed by atoms with Crippen molar-refractivity contribution in [1.29, 1.82) is 0 Å². The Hall–Kier alpha value is -1.92. The minimum Gasteiger partial charge on any atom is -0.456 e. The lowest BCUT2D eigenvalue weighted by atomic mass is 10.1. The van der Waals surface area contributed by atoms with E-state index in [1.807, 2.05) is 0 Å². The maximum atomic E-state index is 11.0. The van der Waals surface area contributed by atoms with Gasteiger partial charge in [-0.2, -0.15) is 0 Å². The van der Waals surface area contributed by atoms with Crippen molar-refractivity contribution in [3.63, 3.8) is 0 Å². The van der Waals surface area contributed by atoms with Crippen molar-refractivity contribution >= 4 is 21.6 Å². The molecule has 0 aliphatic rings. The summed E-state index contributed by atoms with van der Waals surface area (Å²) in [7, 11) is 0. The highest BCUT2D eigenvalue weighted by molar-refractivity contribution is 9.10. The lowest BCUT2D eigenvalue weighted by Gasteiger charge is -2.15. The largest absolute Gasteiger partial charge is 0.456 e. The first-order chi connectivity index (χ1) is 9.90. The molecule has 2 rings (SSSR count). The van der Waals surface area contributed by atoms with Crippen LogP contribution in [0.1, 0.15) is 24.2 Å². The molecule has 5 nitrogen and oxygen atoms in total. The Labute approximate surface area is 130 Å². The van der Waals surface area contributed by atoms with E-state index in [0.717, 1.165) is 4.47 Å². The fourth-order valence-corrected chi connectivity index (χ4v) is 2.35. The van der Waals surface area contributed by atoms with Crippen LogP contribution in [-0.4, -0.2) is 10.0 Å². The Kier molecular flexibility index (Phi) is 4.59. The van der Waals surface area contributed by atoms with Crippen molar-refractivity contribution in [2.45, 2.75) is 20.0 Å². The average Bonchev–Trinajstić information content (AvgIpc) is 2.42. The summed E-state index contributed by atoms with van der Waals surface area (Å²) in [5, 5.41) is 20.8. The number of nitro groups is 1. The van der Waals surface area contributed by atoms with E-state index in [2.05, 4.69) is 15.9 Å². The van der Waals surface area contributed by atoms with Gasteiger partial charge in [0.15, 0.2) is 0 Å². The van der Waals surface area contributed by atoms with Gasteiger partial charge in [0.2, 0.25) is 0 Å². The summed E-state index contributed by atoms with van der Waals surface area (Å²) in [6.07, 6.45) is -0.712. The minimum absolute atomic E-state index is 0.00297. The molecule has 6 heteroatoms. The highest BCUT2D eigenvalue weighted by atomic mass is 79.9. The highest BCUT2D eigenvalue weighted by Crippen LogP contribution is 2.35. The van der Waals surface area contributed by atoms with Crippen LogP contribution in [0.3, 0.4) is 0 Å². The summed E-state index contributed by atoms with van der Waals surface area (Å²) in [4.78, 5) is 10.5. The van der Waals surface area contributed by atoms with Crippen LogP contribution < -0.4 is 4.74 Å². The van der Waals surface area contributed by atoms with Crippen molar-refractivity contribution in [3.05, 3.63) is 62.1 Å². The van der Waals surface area contributed by atoms with Gasteiger partial charge in [-0.05, 0) is 38.1 Å². The van der Waals surface area contributed by atoms with Gasteiger partial charge < -0.3 is 9.84 Å². The number of aliphatic hydroxyl groups excluding tert-OH is 1. The molecule has 2 aromatic carbocycles. The molecule has 0 fully saturated rings. The van der Waals surface area contributed by atoms with Crippen LogP contribution in [0.25, 0.3) is 0 Å². The molecule has 110 valence electrons. The predicted octanol–water partition coefficient (Wildman–Crippen LogP) is 4.51. The topological polar surface area (TPSA) is 72.6 Å². The molecule has 0 radical (unpaired) electrons. The third-order valence-corrected chi connectivity index (χ3v) is 3.59. The van der Waals surface area contributed by atoms with E-state index in [-0.39, 0.29) is 5.69 Å². The first-order valence-corrected chi connectivity index (χ1v) is 7.09. The second-order valence-electron chi connectivity index (χ2n) is 4.62. The van der Waals surface area contributed by atoms with Gasteiger partial charge in [-0.3, -0.25) is 10.1 Å². The van der Waals surface area contributed by atoms with Gasteiger partial charge >= 0.3 is 0 Å². The van der Waals surface area contributed by atoms with E-state index in [1.54, 1.807) is 44.2 Å². The molecule has 0 saturated heterocycles. The molecule has 0 saturated carbocycles. The zero-order chi connectivity index (χ0) is 15.6. The Bertz CT molecular complexity index is 685. The van der Waals surface area contributed by atoms with Crippen molar-refractivity contribution in [3.8, 4) is 11.5 Å². The molecule has 1 N–H and O–H groups in total. The number of rotatable bonds is 4. The Morgan fingerprint density at radius 3 is 2.62 bits per heavy atom. The van der Waals surface area contributed by atoms with E-state index in [4.69, 9.17) is 4.74 Å². The molecular formula is C15H14BrNO4. The number of hydrogen-bond acceptors (Lipinski definition) is 4. The third kappa shape index (κ3) is 3.40. The number of halogens is 1. The summed E-state index contributed by atoms with van der Waals surface area (Å²) < 4.78 is 6.58. The van der Waals surface area contributed by atoms with Crippen LogP contribution in [0.15, 0.2) is 40.9 Å². The fraction of sp³-hybridized carbons (Fsp3) is 0.200. The summed E-state index contributed by atoms with van der Waals surface area (Å²) in [5.41, 5.74) is 1.06. The van der Waals surface area contributed by atoms with Crippen LogP contribution in [0.2, 0.25) is 0 Å². The van der Waals surface area contributed by atoms with Crippen LogP contribution >= 0.6 is 15.9 Å². The molecule has 0 aromatic heterocycles. The van der Waals surface area contributed by atoms with Crippen molar-refractivity contribution in [2.24, 2.45) is 0 Å². The smallest absolute Gasteiger partial charge is 0.276 e. The molecule has 1 unspecified atom stereocenters. The molecule has 0 heterocycles. The van der Waals surface area contributed by atoms with Crippen LogP contribution in [0, 0.1) is 17.0 Å². The number of ether oxygens (including phenoxy) is 1. The lowest BCUT2D eigenvalue weighted by Crippen LogP contribution is -1.98. The number of aliphatic hydroxyl groups is 1. The standard InChI is InChI=1S/C15H14BrNO4/c1-9-13(17(19)20)4-3-5-14(9)21-15-7-6-11(16)8-12(15)10(2)18/h3-8,10,18H,1-2H3.